The maximum Gasteiger partial charge on any atom is 0.345 e. The van der Waals surface area contributed by atoms with Crippen LogP contribution < -0.4 is 9.47 Å². The van der Waals surface area contributed by atoms with Gasteiger partial charge in [0.2, 0.25) is 0 Å². The lowest BCUT2D eigenvalue weighted by Gasteiger charge is -2.40. The molecule has 0 radical (unpaired) electrons. The fraction of sp³-hybridized carbons (Fsp3) is 0.417. The first-order chi connectivity index (χ1) is 14.5. The second kappa shape index (κ2) is 8.11. The number of aromatic nitrogens is 1. The van der Waals surface area contributed by atoms with Gasteiger partial charge in [-0.3, -0.25) is 9.88 Å². The number of pyridine rings is 1. The van der Waals surface area contributed by atoms with Crippen molar-refractivity contribution < 1.29 is 19.0 Å². The van der Waals surface area contributed by atoms with E-state index in [0.29, 0.717) is 12.0 Å². The Balaban J connectivity index is 1.63. The van der Waals surface area contributed by atoms with Gasteiger partial charge in [0, 0.05) is 30.3 Å². The molecule has 1 aliphatic carbocycles. The van der Waals surface area contributed by atoms with Gasteiger partial charge in [0.1, 0.15) is 5.76 Å². The maximum absolute atomic E-state index is 12.7. The lowest BCUT2D eigenvalue weighted by molar-refractivity contribution is 0.0592. The first-order valence-corrected chi connectivity index (χ1v) is 10.2. The van der Waals surface area contributed by atoms with E-state index in [1.165, 1.54) is 5.56 Å². The van der Waals surface area contributed by atoms with E-state index < -0.39 is 0 Å². The highest BCUT2D eigenvalue weighted by atomic mass is 16.5. The molecular formula is C24H28N2O4. The summed E-state index contributed by atoms with van der Waals surface area (Å²) in [6.45, 7) is 2.87. The highest BCUT2D eigenvalue weighted by Gasteiger charge is 2.48. The third-order valence-electron chi connectivity index (χ3n) is 6.55. The normalized spacial score (nSPS) is 23.5. The molecule has 1 saturated heterocycles. The van der Waals surface area contributed by atoms with Crippen LogP contribution in [0.4, 0.5) is 0 Å². The molecule has 2 aliphatic rings. The maximum atomic E-state index is 12.7. The number of allylic oxidation sites excluding steroid dienone is 1. The summed E-state index contributed by atoms with van der Waals surface area (Å²) >= 11 is 0. The number of carbonyl (C=O) groups excluding carboxylic acids is 1. The van der Waals surface area contributed by atoms with E-state index in [2.05, 4.69) is 35.1 Å². The Bertz CT molecular complexity index is 987. The van der Waals surface area contributed by atoms with Gasteiger partial charge in [-0.2, -0.15) is 0 Å². The molecule has 0 N–H and O–H groups in total. The highest BCUT2D eigenvalue weighted by Crippen LogP contribution is 2.49. The number of nitrogens with zero attached hydrogens (tertiary/aromatic N) is 2. The topological polar surface area (TPSA) is 60.9 Å². The van der Waals surface area contributed by atoms with E-state index in [-0.39, 0.29) is 17.4 Å². The van der Waals surface area contributed by atoms with Gasteiger partial charge in [-0.1, -0.05) is 6.07 Å². The Kier molecular flexibility index (Phi) is 5.52. The quantitative estimate of drug-likeness (QED) is 0.700. The van der Waals surface area contributed by atoms with Crippen LogP contribution in [0.1, 0.15) is 40.7 Å². The van der Waals surface area contributed by atoms with Crippen molar-refractivity contribution in [3.63, 3.8) is 0 Å². The standard InChI is InChI=1S/C24H28N2O4/c1-16-8-11-25-15-19(16)23(27)30-18-7-9-24(10-12-26(2)22(24)14-18)17-5-6-20(28-3)21(13-17)29-4/h5-6,8,11,13-15,22H,7,9-10,12H2,1-4H3/t22-,24-/m0/s1. The Morgan fingerprint density at radius 3 is 2.70 bits per heavy atom. The van der Waals surface area contributed by atoms with Crippen LogP contribution in [0.2, 0.25) is 0 Å². The summed E-state index contributed by atoms with van der Waals surface area (Å²) in [5, 5.41) is 0. The Hall–Kier alpha value is -2.86. The summed E-state index contributed by atoms with van der Waals surface area (Å²) in [7, 11) is 5.44. The van der Waals surface area contributed by atoms with Crippen LogP contribution in [-0.2, 0) is 10.2 Å². The molecule has 2 atom stereocenters. The van der Waals surface area contributed by atoms with Crippen LogP contribution in [-0.4, -0.2) is 49.7 Å². The second-order valence-electron chi connectivity index (χ2n) is 8.11. The zero-order valence-electron chi connectivity index (χ0n) is 18.0. The van der Waals surface area contributed by atoms with E-state index in [1.54, 1.807) is 26.6 Å². The molecule has 1 aromatic heterocycles. The van der Waals surface area contributed by atoms with Gasteiger partial charge >= 0.3 is 5.97 Å². The number of esters is 1. The van der Waals surface area contributed by atoms with Crippen molar-refractivity contribution in [3.05, 3.63) is 65.2 Å². The van der Waals surface area contributed by atoms with Crippen LogP contribution in [0.25, 0.3) is 0 Å². The number of carbonyl (C=O) groups is 1. The minimum Gasteiger partial charge on any atom is -0.493 e. The zero-order valence-corrected chi connectivity index (χ0v) is 18.0. The minimum absolute atomic E-state index is 0.0333. The summed E-state index contributed by atoms with van der Waals surface area (Å²) in [5.74, 6) is 1.86. The number of benzene rings is 1. The second-order valence-corrected chi connectivity index (χ2v) is 8.11. The van der Waals surface area contributed by atoms with Crippen molar-refractivity contribution in [2.24, 2.45) is 0 Å². The number of ether oxygens (including phenoxy) is 3. The van der Waals surface area contributed by atoms with Gasteiger partial charge in [0.05, 0.1) is 19.8 Å². The van der Waals surface area contributed by atoms with Gasteiger partial charge in [-0.15, -0.1) is 0 Å². The van der Waals surface area contributed by atoms with Crippen LogP contribution in [0, 0.1) is 6.92 Å². The summed E-state index contributed by atoms with van der Waals surface area (Å²) in [6, 6.07) is 8.18. The number of aryl methyl sites for hydroxylation is 1. The number of methoxy groups -OCH3 is 2. The van der Waals surface area contributed by atoms with Gasteiger partial charge in [0.25, 0.3) is 0 Å². The lowest BCUT2D eigenvalue weighted by atomic mass is 9.68. The number of likely N-dealkylation sites (N-methyl/N-ethyl adjacent to an activating group) is 1. The van der Waals surface area contributed by atoms with Crippen molar-refractivity contribution in [1.82, 2.24) is 9.88 Å². The van der Waals surface area contributed by atoms with Crippen molar-refractivity contribution in [3.8, 4) is 11.5 Å². The van der Waals surface area contributed by atoms with Gasteiger partial charge < -0.3 is 14.2 Å². The van der Waals surface area contributed by atoms with Crippen LogP contribution in [0.15, 0.2) is 48.5 Å². The number of rotatable bonds is 5. The van der Waals surface area contributed by atoms with E-state index in [9.17, 15) is 4.79 Å². The minimum atomic E-state index is -0.342. The number of fused-ring (bicyclic) bond motifs is 1. The molecule has 0 saturated carbocycles. The molecule has 2 aromatic rings. The van der Waals surface area contributed by atoms with Crippen LogP contribution in [0.3, 0.4) is 0 Å². The lowest BCUT2D eigenvalue weighted by Crippen LogP contribution is -2.42. The summed E-state index contributed by atoms with van der Waals surface area (Å²) in [6.07, 6.45) is 8.03. The first kappa shape index (κ1) is 20.4. The summed E-state index contributed by atoms with van der Waals surface area (Å²) < 4.78 is 16.7. The van der Waals surface area contributed by atoms with Gasteiger partial charge in [-0.25, -0.2) is 4.79 Å². The Labute approximate surface area is 177 Å². The van der Waals surface area contributed by atoms with Gasteiger partial charge in [0.15, 0.2) is 11.5 Å². The van der Waals surface area contributed by atoms with Crippen molar-refractivity contribution in [2.75, 3.05) is 27.8 Å². The molecule has 30 heavy (non-hydrogen) atoms. The van der Waals surface area contributed by atoms with Crippen molar-refractivity contribution >= 4 is 5.97 Å². The molecule has 6 nitrogen and oxygen atoms in total. The smallest absolute Gasteiger partial charge is 0.345 e. The average molecular weight is 408 g/mol. The van der Waals surface area contributed by atoms with Crippen molar-refractivity contribution in [1.29, 1.82) is 0 Å². The molecule has 4 rings (SSSR count). The van der Waals surface area contributed by atoms with Crippen molar-refractivity contribution in [2.45, 2.75) is 37.6 Å². The van der Waals surface area contributed by atoms with Crippen LogP contribution in [0.5, 0.6) is 11.5 Å². The molecule has 1 fully saturated rings. The first-order valence-electron chi connectivity index (χ1n) is 10.2. The zero-order chi connectivity index (χ0) is 21.3. The number of hydrogen-bond donors (Lipinski definition) is 0. The predicted molar refractivity (Wildman–Crippen MR) is 114 cm³/mol. The Morgan fingerprint density at radius 1 is 1.17 bits per heavy atom. The molecule has 158 valence electrons. The molecule has 0 unspecified atom stereocenters. The summed E-state index contributed by atoms with van der Waals surface area (Å²) in [4.78, 5) is 19.1. The third kappa shape index (κ3) is 3.45. The highest BCUT2D eigenvalue weighted by molar-refractivity contribution is 5.91. The van der Waals surface area contributed by atoms with E-state index in [0.717, 1.165) is 42.2 Å². The average Bonchev–Trinajstić information content (AvgIpc) is 3.10. The molecule has 2 heterocycles. The summed E-state index contributed by atoms with van der Waals surface area (Å²) in [5.41, 5.74) is 2.58. The molecule has 1 aromatic carbocycles. The molecule has 1 aliphatic heterocycles. The van der Waals surface area contributed by atoms with Crippen LogP contribution >= 0.6 is 0 Å². The molecule has 0 spiro atoms. The molecular weight excluding hydrogens is 380 g/mol. The third-order valence-corrected chi connectivity index (χ3v) is 6.55. The Morgan fingerprint density at radius 2 is 1.97 bits per heavy atom. The largest absolute Gasteiger partial charge is 0.493 e. The van der Waals surface area contributed by atoms with E-state index in [4.69, 9.17) is 14.2 Å². The molecule has 6 heteroatoms. The van der Waals surface area contributed by atoms with E-state index >= 15 is 0 Å². The SMILES string of the molecule is COc1ccc([C@@]23CCC(OC(=O)c4cnccc4C)=C[C@@H]2N(C)CC3)cc1OC. The molecule has 0 bridgehead atoms. The van der Waals surface area contributed by atoms with Gasteiger partial charge in [-0.05, 0) is 68.8 Å². The number of likely N-dealkylation sites (tertiary alicyclic amines) is 1. The monoisotopic (exact) mass is 408 g/mol. The van der Waals surface area contributed by atoms with E-state index in [1.807, 2.05) is 19.1 Å². The fourth-order valence-electron chi connectivity index (χ4n) is 4.79. The fourth-order valence-corrected chi connectivity index (χ4v) is 4.79. The molecule has 0 amide bonds. The predicted octanol–water partition coefficient (Wildman–Crippen LogP) is 3.88. The number of hydrogen-bond acceptors (Lipinski definition) is 6.